The number of aromatic nitrogens is 2. The molecule has 1 aromatic rings. The summed E-state index contributed by atoms with van der Waals surface area (Å²) in [5.74, 6) is 1.17. The van der Waals surface area contributed by atoms with Gasteiger partial charge < -0.3 is 20.2 Å². The second-order valence-electron chi connectivity index (χ2n) is 5.24. The van der Waals surface area contributed by atoms with Crippen molar-refractivity contribution in [3.63, 3.8) is 0 Å². The molecule has 0 fully saturated rings. The van der Waals surface area contributed by atoms with Crippen molar-refractivity contribution in [2.75, 3.05) is 29.9 Å². The zero-order valence-corrected chi connectivity index (χ0v) is 11.7. The second-order valence-corrected chi connectivity index (χ2v) is 5.24. The van der Waals surface area contributed by atoms with E-state index in [2.05, 4.69) is 10.3 Å². The molecule has 2 amide bonds. The molecule has 20 heavy (non-hydrogen) atoms. The van der Waals surface area contributed by atoms with Crippen LogP contribution in [0.5, 0.6) is 0 Å². The summed E-state index contributed by atoms with van der Waals surface area (Å²) < 4.78 is 0.918. The summed E-state index contributed by atoms with van der Waals surface area (Å²) in [5, 5.41) is 25.4. The highest BCUT2D eigenvalue weighted by Crippen LogP contribution is 2.35. The van der Waals surface area contributed by atoms with Crippen molar-refractivity contribution in [1.82, 2.24) is 9.55 Å². The topological polar surface area (TPSA) is 93.5 Å². The summed E-state index contributed by atoms with van der Waals surface area (Å²) >= 11 is 0. The summed E-state index contributed by atoms with van der Waals surface area (Å²) in [7, 11) is 0. The molecule has 2 N–H and O–H groups in total. The van der Waals surface area contributed by atoms with Gasteiger partial charge in [-0.05, 0) is 13.8 Å². The van der Waals surface area contributed by atoms with Crippen LogP contribution in [0.2, 0.25) is 0 Å². The van der Waals surface area contributed by atoms with Crippen molar-refractivity contribution < 1.29 is 14.5 Å². The number of nitrogens with one attached hydrogen (secondary N) is 1. The largest absolute Gasteiger partial charge is 0.624 e. The molecule has 0 bridgehead atoms. The van der Waals surface area contributed by atoms with Crippen molar-refractivity contribution in [3.05, 3.63) is 10.9 Å². The lowest BCUT2D eigenvalue weighted by molar-refractivity contribution is -0.812. The number of imidazole rings is 1. The van der Waals surface area contributed by atoms with Gasteiger partial charge in [0.05, 0.1) is 19.2 Å². The van der Waals surface area contributed by atoms with Gasteiger partial charge in [0.2, 0.25) is 5.95 Å². The first-order valence-electron chi connectivity index (χ1n) is 6.91. The Balaban J connectivity index is 2.12. The number of β-amino-alcohol motifs (C(OH)–C–C–N with tert-alkyl or cyclic N) is 1. The van der Waals surface area contributed by atoms with E-state index in [0.29, 0.717) is 31.4 Å². The molecule has 0 radical (unpaired) electrons. The van der Waals surface area contributed by atoms with Gasteiger partial charge in [-0.15, -0.1) is 0 Å². The zero-order valence-electron chi connectivity index (χ0n) is 11.7. The number of anilines is 2. The lowest BCUT2D eigenvalue weighted by Crippen LogP contribution is -2.57. The molecule has 2 atom stereocenters. The predicted octanol–water partition coefficient (Wildman–Crippen LogP) is 0.464. The van der Waals surface area contributed by atoms with Crippen LogP contribution in [0.25, 0.3) is 0 Å². The molecular weight excluding hydrogens is 262 g/mol. The number of aliphatic hydroxyl groups excluding tert-OH is 1. The molecule has 1 aromatic heterocycles. The number of amides is 2. The molecule has 8 heteroatoms. The van der Waals surface area contributed by atoms with Crippen LogP contribution < -0.4 is 10.2 Å². The van der Waals surface area contributed by atoms with Crippen LogP contribution in [-0.4, -0.2) is 51.1 Å². The Morgan fingerprint density at radius 2 is 2.30 bits per heavy atom. The lowest BCUT2D eigenvalue weighted by atomic mass is 10.2. The van der Waals surface area contributed by atoms with Gasteiger partial charge in [-0.3, -0.25) is 4.65 Å². The van der Waals surface area contributed by atoms with Crippen molar-refractivity contribution in [2.45, 2.75) is 33.0 Å². The third kappa shape index (κ3) is 1.72. The molecule has 110 valence electrons. The van der Waals surface area contributed by atoms with Crippen LogP contribution in [-0.2, 0) is 13.1 Å². The predicted molar refractivity (Wildman–Crippen MR) is 73.0 cm³/mol. The minimum Gasteiger partial charge on any atom is -0.624 e. The number of urea groups is 1. The minimum absolute atomic E-state index is 0.0720. The smallest absolute Gasteiger partial charge is 0.425 e. The van der Waals surface area contributed by atoms with Gasteiger partial charge in [0.15, 0.2) is 5.82 Å². The number of carbonyl (C=O) groups is 1. The van der Waals surface area contributed by atoms with E-state index in [0.717, 1.165) is 5.69 Å². The Labute approximate surface area is 116 Å². The Hall–Kier alpha value is -1.64. The van der Waals surface area contributed by atoms with Gasteiger partial charge in [-0.2, -0.15) is 4.98 Å². The molecule has 0 spiro atoms. The van der Waals surface area contributed by atoms with E-state index < -0.39 is 16.8 Å². The van der Waals surface area contributed by atoms with E-state index in [1.165, 1.54) is 4.90 Å². The van der Waals surface area contributed by atoms with Crippen molar-refractivity contribution in [2.24, 2.45) is 0 Å². The van der Waals surface area contributed by atoms with Crippen LogP contribution >= 0.6 is 0 Å². The average molecular weight is 281 g/mol. The number of carbonyl (C=O) groups excluding carboxylic acids is 1. The van der Waals surface area contributed by atoms with E-state index in [1.54, 1.807) is 6.92 Å². The first kappa shape index (κ1) is 13.3. The minimum atomic E-state index is -0.901. The van der Waals surface area contributed by atoms with E-state index in [4.69, 9.17) is 0 Å². The van der Waals surface area contributed by atoms with Crippen LogP contribution in [0.1, 0.15) is 19.5 Å². The molecule has 3 rings (SSSR count). The van der Waals surface area contributed by atoms with Gasteiger partial charge in [-0.1, -0.05) is 0 Å². The van der Waals surface area contributed by atoms with Crippen molar-refractivity contribution in [3.8, 4) is 0 Å². The summed E-state index contributed by atoms with van der Waals surface area (Å²) in [4.78, 5) is 18.2. The summed E-state index contributed by atoms with van der Waals surface area (Å²) in [6, 6.07) is -0.460. The third-order valence-corrected chi connectivity index (χ3v) is 4.01. The molecule has 2 unspecified atom stereocenters. The molecular formula is C12H19N5O3. The highest BCUT2D eigenvalue weighted by atomic mass is 16.6. The quantitative estimate of drug-likeness (QED) is 0.607. The van der Waals surface area contributed by atoms with Gasteiger partial charge in [0.1, 0.15) is 12.2 Å². The number of hydrogen-bond acceptors (Lipinski definition) is 5. The number of quaternary nitrogens is 1. The van der Waals surface area contributed by atoms with Gasteiger partial charge in [0, 0.05) is 13.1 Å². The Kier molecular flexibility index (Phi) is 2.96. The molecule has 0 saturated heterocycles. The highest BCUT2D eigenvalue weighted by Gasteiger charge is 2.43. The van der Waals surface area contributed by atoms with E-state index >= 15 is 0 Å². The number of fused-ring (bicyclic) bond motifs is 3. The fourth-order valence-electron chi connectivity index (χ4n) is 2.81. The maximum atomic E-state index is 12.6. The number of hydroxylamine groups is 3. The van der Waals surface area contributed by atoms with E-state index in [1.807, 2.05) is 11.5 Å². The normalized spacial score (nSPS) is 28.9. The number of hydrogen-bond donors (Lipinski definition) is 2. The van der Waals surface area contributed by atoms with Crippen molar-refractivity contribution >= 4 is 17.8 Å². The Morgan fingerprint density at radius 1 is 1.55 bits per heavy atom. The molecule has 3 heterocycles. The molecule has 0 saturated carbocycles. The van der Waals surface area contributed by atoms with Crippen molar-refractivity contribution in [1.29, 1.82) is 0 Å². The molecule has 0 aliphatic carbocycles. The maximum absolute atomic E-state index is 12.6. The SMILES string of the molecule is CCN1C(=O)[N+]([O-])(CC)Cc2c1nc1n2CC(O)CN1. The van der Waals surface area contributed by atoms with Crippen LogP contribution in [0, 0.1) is 5.21 Å². The monoisotopic (exact) mass is 281 g/mol. The second kappa shape index (κ2) is 4.44. The van der Waals surface area contributed by atoms with Crippen LogP contribution in [0.4, 0.5) is 16.6 Å². The Bertz CT molecular complexity index is 558. The number of rotatable bonds is 2. The molecule has 8 nitrogen and oxygen atoms in total. The fourth-order valence-corrected chi connectivity index (χ4v) is 2.81. The standard InChI is InChI=1S/C12H19N5O3/c1-3-15-10-9(7-17(20,4-2)12(15)19)16-6-8(18)5-13-11(16)14-10/h8,18H,3-7H2,1-2H3,(H,13,14). The first-order valence-corrected chi connectivity index (χ1v) is 6.91. The van der Waals surface area contributed by atoms with E-state index in [-0.39, 0.29) is 13.1 Å². The van der Waals surface area contributed by atoms with Gasteiger partial charge in [0.25, 0.3) is 0 Å². The summed E-state index contributed by atoms with van der Waals surface area (Å²) in [6.45, 7) is 5.04. The fraction of sp³-hybridized carbons (Fsp3) is 0.667. The summed E-state index contributed by atoms with van der Waals surface area (Å²) in [6.07, 6.45) is -0.510. The highest BCUT2D eigenvalue weighted by molar-refractivity contribution is 5.89. The van der Waals surface area contributed by atoms with Crippen LogP contribution in [0.15, 0.2) is 0 Å². The van der Waals surface area contributed by atoms with Gasteiger partial charge >= 0.3 is 6.03 Å². The third-order valence-electron chi connectivity index (χ3n) is 4.01. The number of aliphatic hydroxyl groups is 1. The first-order chi connectivity index (χ1) is 9.50. The zero-order chi connectivity index (χ0) is 14.5. The molecule has 2 aliphatic heterocycles. The number of nitrogens with zero attached hydrogens (tertiary/aromatic N) is 4. The van der Waals surface area contributed by atoms with E-state index in [9.17, 15) is 15.1 Å². The molecule has 2 aliphatic rings. The molecule has 0 aromatic carbocycles. The maximum Gasteiger partial charge on any atom is 0.425 e. The van der Waals surface area contributed by atoms with Gasteiger partial charge in [-0.25, -0.2) is 9.69 Å². The Morgan fingerprint density at radius 3 is 2.95 bits per heavy atom. The lowest BCUT2D eigenvalue weighted by Gasteiger charge is -2.44. The van der Waals surface area contributed by atoms with Crippen LogP contribution in [0.3, 0.4) is 0 Å². The summed E-state index contributed by atoms with van der Waals surface area (Å²) in [5.41, 5.74) is 0.726. The average Bonchev–Trinajstić information content (AvgIpc) is 2.78.